The van der Waals surface area contributed by atoms with Crippen LogP contribution in [0.1, 0.15) is 155 Å². The maximum Gasteiger partial charge on any atom is 0.270 e. The average Bonchev–Trinajstić information content (AvgIpc) is 0.765. The highest BCUT2D eigenvalue weighted by Crippen LogP contribution is 2.34. The van der Waals surface area contributed by atoms with E-state index in [-0.39, 0.29) is 56.1 Å². The number of hydrogen-bond donors (Lipinski definition) is 4. The third-order valence-electron chi connectivity index (χ3n) is 18.8. The number of morpholine rings is 1. The second-order valence-corrected chi connectivity index (χ2v) is 27.7. The van der Waals surface area contributed by atoms with Gasteiger partial charge in [-0.25, -0.2) is 5.06 Å². The van der Waals surface area contributed by atoms with E-state index in [1.807, 2.05) is 34.6 Å². The predicted molar refractivity (Wildman–Crippen MR) is 348 cm³/mol. The second kappa shape index (κ2) is 36.1. The Morgan fingerprint density at radius 1 is 0.598 bits per heavy atom. The van der Waals surface area contributed by atoms with Gasteiger partial charge in [-0.1, -0.05) is 75.7 Å². The molecule has 0 aromatic rings. The number of unbranched alkanes of at least 4 members (excludes halogenated alkanes) is 2. The fraction of sp³-hybridized carbons (Fsp3) is 0.818. The molecule has 0 aromatic heterocycles. The number of hydrogen-bond acceptors (Lipinski definition) is 16. The molecule has 4 heterocycles. The molecule has 10 amide bonds. The quantitative estimate of drug-likeness (QED) is 0.135. The fourth-order valence-corrected chi connectivity index (χ4v) is 12.7. The summed E-state index contributed by atoms with van der Waals surface area (Å²) in [5.41, 5.74) is 0. The Kier molecular flexibility index (Phi) is 30.8. The zero-order chi connectivity index (χ0) is 69.3. The molecule has 2 bridgehead atoms. The van der Waals surface area contributed by atoms with Crippen LogP contribution in [-0.2, 0) is 62.3 Å². The van der Waals surface area contributed by atoms with Crippen LogP contribution in [0.4, 0.5) is 0 Å². The van der Waals surface area contributed by atoms with Crippen molar-refractivity contribution in [2.75, 3.05) is 88.3 Å². The second-order valence-electron chi connectivity index (χ2n) is 27.7. The maximum absolute atomic E-state index is 15.5. The molecule has 4 N–H and O–H groups in total. The summed E-state index contributed by atoms with van der Waals surface area (Å²) in [5, 5.41) is 19.3. The van der Waals surface area contributed by atoms with Crippen molar-refractivity contribution in [3.05, 3.63) is 12.4 Å². The SMILES string of the molecule is CCC1NC(=O)[C@@H]2[C@@H](C(C)CCCCO)ON2C(=O)[C@H](C(C)C)N(C)C(=O)[C@@H]2CC(C)N(/C=C\N(C)[C@@H](CC(C)C)C(=O)N2C)C(=O)C(C)NC(=O)[C@H](CC(C)C)N(C)C(=O)C(C(C)C)NC(=O)[C@H]([C@@H](C)OCCCCN2CCOCC2)N(C)C(=O)[C@@H](C)N(C)C1=O. The number of rotatable bonds is 19. The Labute approximate surface area is 548 Å². The smallest absolute Gasteiger partial charge is 0.270 e. The maximum atomic E-state index is 15.5. The zero-order valence-electron chi connectivity index (χ0n) is 59.1. The van der Waals surface area contributed by atoms with Gasteiger partial charge in [-0.3, -0.25) is 57.7 Å². The van der Waals surface area contributed by atoms with Crippen molar-refractivity contribution in [3.63, 3.8) is 0 Å². The van der Waals surface area contributed by atoms with Gasteiger partial charge in [0, 0.05) is 87.0 Å². The Morgan fingerprint density at radius 2 is 1.21 bits per heavy atom. The molecule has 0 saturated carbocycles. The highest BCUT2D eigenvalue weighted by atomic mass is 16.7. The third-order valence-corrected chi connectivity index (χ3v) is 18.8. The lowest BCUT2D eigenvalue weighted by Gasteiger charge is -2.50. The van der Waals surface area contributed by atoms with E-state index < -0.39 is 144 Å². The van der Waals surface area contributed by atoms with Crippen LogP contribution >= 0.6 is 0 Å². The minimum absolute atomic E-state index is 0.00951. The molecule has 524 valence electrons. The topological polar surface area (TPSA) is 284 Å². The predicted octanol–water partition coefficient (Wildman–Crippen LogP) is 2.66. The summed E-state index contributed by atoms with van der Waals surface area (Å²) in [6.45, 7) is 28.6. The van der Waals surface area contributed by atoms with E-state index in [1.165, 1.54) is 84.7 Å². The van der Waals surface area contributed by atoms with Crippen LogP contribution in [-0.4, -0.2) is 275 Å². The molecule has 26 nitrogen and oxygen atoms in total. The summed E-state index contributed by atoms with van der Waals surface area (Å²) < 4.78 is 11.9. The Morgan fingerprint density at radius 3 is 1.78 bits per heavy atom. The molecular weight excluding hydrogens is 1180 g/mol. The monoisotopic (exact) mass is 1300 g/mol. The standard InChI is InChI=1S/C66H116N12O14/c1-21-48-62(85)71(16)46(13)61(84)75(20)54(47(14)91-33-25-23-27-76-30-34-90-35-31-76)58(81)69-52(41(6)7)65(88)72(17)49(36-39(2)3)57(80)67-45(12)60(83)77-29-28-70(15)50(37-40(4)5)63(86)73(18)51(38-44(77)11)64(87)74(19)53(42(8)9)66(89)78-55(59(82)68-48)56(92-78)43(10)26-22-24-32-79/h28-29,39-56,79H,21-27,30-38H2,1-20H3,(H,67,80)(H,68,82)(H,69,81)/b29-28-/t43?,44?,45?,46-,47-,48?,49+,50+,51+,52?,53+,54+,55+,56-/m1/s1. The van der Waals surface area contributed by atoms with Crippen molar-refractivity contribution in [3.8, 4) is 0 Å². The minimum Gasteiger partial charge on any atom is -0.396 e. The lowest BCUT2D eigenvalue weighted by molar-refractivity contribution is -0.322. The van der Waals surface area contributed by atoms with E-state index in [1.54, 1.807) is 66.6 Å². The van der Waals surface area contributed by atoms with Gasteiger partial charge in [-0.05, 0) is 115 Å². The number of carbonyl (C=O) groups excluding carboxylic acids is 10. The summed E-state index contributed by atoms with van der Waals surface area (Å²) >= 11 is 0. The van der Waals surface area contributed by atoms with Crippen LogP contribution in [0.25, 0.3) is 0 Å². The van der Waals surface area contributed by atoms with Crippen molar-refractivity contribution in [1.82, 2.24) is 60.2 Å². The molecule has 4 rings (SSSR count). The molecule has 4 aliphatic heterocycles. The highest BCUT2D eigenvalue weighted by Gasteiger charge is 2.55. The van der Waals surface area contributed by atoms with Gasteiger partial charge in [-0.2, -0.15) is 0 Å². The van der Waals surface area contributed by atoms with Crippen molar-refractivity contribution in [2.45, 2.75) is 233 Å². The largest absolute Gasteiger partial charge is 0.396 e. The van der Waals surface area contributed by atoms with Crippen LogP contribution in [0, 0.1) is 29.6 Å². The van der Waals surface area contributed by atoms with Gasteiger partial charge in [0.15, 0.2) is 6.04 Å². The molecule has 0 spiro atoms. The number of likely N-dealkylation sites (N-methyl/N-ethyl adjacent to an activating group) is 6. The number of ether oxygens (including phenoxy) is 2. The summed E-state index contributed by atoms with van der Waals surface area (Å²) in [5.74, 6) is -8.01. The molecule has 0 aliphatic carbocycles. The molecule has 92 heavy (non-hydrogen) atoms. The lowest BCUT2D eigenvalue weighted by Crippen LogP contribution is -2.72. The lowest BCUT2D eigenvalue weighted by atomic mass is 9.88. The van der Waals surface area contributed by atoms with Crippen molar-refractivity contribution in [1.29, 1.82) is 0 Å². The van der Waals surface area contributed by atoms with E-state index in [9.17, 15) is 29.1 Å². The van der Waals surface area contributed by atoms with Crippen LogP contribution in [0.3, 0.4) is 0 Å². The number of nitrogens with zero attached hydrogens (tertiary/aromatic N) is 9. The molecule has 3 fully saturated rings. The van der Waals surface area contributed by atoms with Gasteiger partial charge in [0.1, 0.15) is 60.5 Å². The molecule has 0 radical (unpaired) electrons. The fourth-order valence-electron chi connectivity index (χ4n) is 12.7. The Bertz CT molecular complexity index is 2530. The molecule has 26 heteroatoms. The summed E-state index contributed by atoms with van der Waals surface area (Å²) in [7, 11) is 8.99. The Balaban J connectivity index is 1.93. The first kappa shape index (κ1) is 78.5. The molecule has 14 atom stereocenters. The number of hydroxylamine groups is 2. The first-order valence-corrected chi connectivity index (χ1v) is 33.6. The van der Waals surface area contributed by atoms with Gasteiger partial charge in [0.2, 0.25) is 53.2 Å². The average molecular weight is 1300 g/mol. The normalized spacial score (nSPS) is 29.6. The van der Waals surface area contributed by atoms with E-state index >= 15 is 24.0 Å². The minimum atomic E-state index is -1.36. The van der Waals surface area contributed by atoms with Crippen LogP contribution < -0.4 is 16.0 Å². The number of fused-ring (bicyclic) bond motifs is 4. The first-order valence-electron chi connectivity index (χ1n) is 33.6. The first-order chi connectivity index (χ1) is 43.1. The van der Waals surface area contributed by atoms with Crippen LogP contribution in [0.5, 0.6) is 0 Å². The highest BCUT2D eigenvalue weighted by molar-refractivity contribution is 5.99. The number of nitrogens with one attached hydrogen (secondary N) is 3. The summed E-state index contributed by atoms with van der Waals surface area (Å²) in [4.78, 5) is 168. The van der Waals surface area contributed by atoms with E-state index in [4.69, 9.17) is 14.3 Å². The van der Waals surface area contributed by atoms with E-state index in [0.29, 0.717) is 45.3 Å². The van der Waals surface area contributed by atoms with Gasteiger partial charge in [-0.15, -0.1) is 0 Å². The van der Waals surface area contributed by atoms with E-state index in [2.05, 4.69) is 20.9 Å². The van der Waals surface area contributed by atoms with Gasteiger partial charge in [0.25, 0.3) is 5.91 Å². The summed E-state index contributed by atoms with van der Waals surface area (Å²) in [6, 6.07) is -12.9. The number of aliphatic hydroxyl groups is 1. The van der Waals surface area contributed by atoms with Gasteiger partial charge in [0.05, 0.1) is 19.3 Å². The van der Waals surface area contributed by atoms with Crippen LogP contribution in [0.15, 0.2) is 12.4 Å². The summed E-state index contributed by atoms with van der Waals surface area (Å²) in [6.07, 6.45) is 4.75. The Hall–Kier alpha value is -5.96. The van der Waals surface area contributed by atoms with Gasteiger partial charge >= 0.3 is 0 Å². The van der Waals surface area contributed by atoms with Gasteiger partial charge < -0.3 is 64.8 Å². The molecule has 0 aromatic carbocycles. The third kappa shape index (κ3) is 20.0. The van der Waals surface area contributed by atoms with Crippen molar-refractivity contribution < 1.29 is 67.4 Å². The van der Waals surface area contributed by atoms with Crippen molar-refractivity contribution in [2.24, 2.45) is 29.6 Å². The molecule has 5 unspecified atom stereocenters. The van der Waals surface area contributed by atoms with E-state index in [0.717, 1.165) is 31.1 Å². The number of amides is 10. The van der Waals surface area contributed by atoms with Crippen molar-refractivity contribution >= 4 is 59.1 Å². The molecule has 3 saturated heterocycles. The number of aliphatic hydroxyl groups excluding tert-OH is 1. The molecular formula is C66H116N12O14. The van der Waals surface area contributed by atoms with Crippen LogP contribution in [0.2, 0.25) is 0 Å². The molecule has 4 aliphatic rings. The number of carbonyl (C=O) groups is 10. The zero-order valence-corrected chi connectivity index (χ0v) is 59.1.